The predicted molar refractivity (Wildman–Crippen MR) is 130 cm³/mol. The summed E-state index contributed by atoms with van der Waals surface area (Å²) in [6.07, 6.45) is -13.3. The van der Waals surface area contributed by atoms with Gasteiger partial charge in [0, 0.05) is 12.5 Å². The summed E-state index contributed by atoms with van der Waals surface area (Å²) in [5.41, 5.74) is -1.55. The van der Waals surface area contributed by atoms with Gasteiger partial charge < -0.3 is 69.4 Å². The average Bonchev–Trinajstić information content (AvgIpc) is 3.03. The second-order valence-corrected chi connectivity index (χ2v) is 11.7. The van der Waals surface area contributed by atoms with Gasteiger partial charge in [0.05, 0.1) is 44.1 Å². The van der Waals surface area contributed by atoms with Crippen molar-refractivity contribution in [3.63, 3.8) is 0 Å². The summed E-state index contributed by atoms with van der Waals surface area (Å²) in [6, 6.07) is 0. The van der Waals surface area contributed by atoms with E-state index in [1.54, 1.807) is 6.92 Å². The Hall–Kier alpha value is -1.57. The summed E-state index contributed by atoms with van der Waals surface area (Å²) >= 11 is 0. The summed E-state index contributed by atoms with van der Waals surface area (Å²) in [5, 5.41) is 65.1. The topological polar surface area (TPSA) is 271 Å². The summed E-state index contributed by atoms with van der Waals surface area (Å²) in [6.45, 7) is 0.888. The number of anilines is 1. The lowest BCUT2D eigenvalue weighted by Gasteiger charge is -2.52. The van der Waals surface area contributed by atoms with E-state index in [1.165, 1.54) is 0 Å². The molecule has 11 atom stereocenters. The van der Waals surface area contributed by atoms with Crippen LogP contribution >= 0.6 is 7.60 Å². The van der Waals surface area contributed by atoms with Crippen molar-refractivity contribution >= 4 is 13.3 Å². The zero-order chi connectivity index (χ0) is 29.6. The molecule has 0 radical (unpaired) electrons. The molecule has 3 aliphatic rings. The molecule has 3 fully saturated rings. The van der Waals surface area contributed by atoms with Crippen molar-refractivity contribution in [3.05, 3.63) is 20.4 Å². The first kappa shape index (κ1) is 31.4. The highest BCUT2D eigenvalue weighted by Crippen LogP contribution is 2.55. The van der Waals surface area contributed by atoms with Gasteiger partial charge in [0.25, 0.3) is 10.9 Å². The number of aliphatic hydroxyl groups is 6. The van der Waals surface area contributed by atoms with Crippen LogP contribution in [0.3, 0.4) is 0 Å². The number of nitrogens with one attached hydrogen (secondary N) is 1. The van der Waals surface area contributed by atoms with Crippen molar-refractivity contribution in [2.45, 2.75) is 68.3 Å². The summed E-state index contributed by atoms with van der Waals surface area (Å²) in [5.74, 6) is -4.85. The molecule has 1 aliphatic carbocycles. The van der Waals surface area contributed by atoms with Crippen LogP contribution in [-0.4, -0.2) is 128 Å². The number of rotatable bonds is 13. The van der Waals surface area contributed by atoms with Gasteiger partial charge in [-0.05, 0) is 13.3 Å². The van der Waals surface area contributed by atoms with Gasteiger partial charge in [-0.15, -0.1) is 0 Å². The van der Waals surface area contributed by atoms with Crippen molar-refractivity contribution in [1.29, 1.82) is 0 Å². The predicted octanol–water partition coefficient (Wildman–Crippen LogP) is -4.49. The molecule has 228 valence electrons. The van der Waals surface area contributed by atoms with E-state index in [9.17, 15) is 44.8 Å². The smallest absolute Gasteiger partial charge is 0.325 e. The summed E-state index contributed by atoms with van der Waals surface area (Å²) < 4.78 is 38.6. The Bertz CT molecular complexity index is 1150. The minimum Gasteiger partial charge on any atom is -0.488 e. The van der Waals surface area contributed by atoms with E-state index in [-0.39, 0.29) is 37.6 Å². The molecular weight excluding hydrogens is 565 g/mol. The SMILES string of the molecule is CCOc1c(NCCO[C@H]2OC(CO)[C@@H](O)C(O)C2O[C@H]2OC3(O)C2C(O)[C@H](O)C3CCP(=O)(O)O)c(=O)c1=O. The van der Waals surface area contributed by atoms with Crippen LogP contribution in [0, 0.1) is 11.8 Å². The number of ether oxygens (including phenoxy) is 5. The summed E-state index contributed by atoms with van der Waals surface area (Å²) in [7, 11) is -4.48. The van der Waals surface area contributed by atoms with Crippen molar-refractivity contribution < 1.29 is 68.7 Å². The zero-order valence-electron chi connectivity index (χ0n) is 21.3. The van der Waals surface area contributed by atoms with Crippen molar-refractivity contribution in [2.24, 2.45) is 11.8 Å². The molecule has 7 unspecified atom stereocenters. The van der Waals surface area contributed by atoms with E-state index >= 15 is 0 Å². The first-order chi connectivity index (χ1) is 18.7. The maximum Gasteiger partial charge on any atom is 0.325 e. The van der Waals surface area contributed by atoms with Gasteiger partial charge >= 0.3 is 7.60 Å². The highest BCUT2D eigenvalue weighted by atomic mass is 31.2. The highest BCUT2D eigenvalue weighted by Gasteiger charge is 2.71. The molecule has 0 bridgehead atoms. The van der Waals surface area contributed by atoms with E-state index in [2.05, 4.69) is 5.32 Å². The van der Waals surface area contributed by atoms with Gasteiger partial charge in [0.2, 0.25) is 0 Å². The number of hydrogen-bond acceptors (Lipinski definition) is 15. The lowest BCUT2D eigenvalue weighted by molar-refractivity contribution is -0.459. The lowest BCUT2D eigenvalue weighted by atomic mass is 9.87. The van der Waals surface area contributed by atoms with E-state index in [0.717, 1.165) is 0 Å². The van der Waals surface area contributed by atoms with Gasteiger partial charge in [0.1, 0.15) is 30.1 Å². The Labute approximate surface area is 226 Å². The molecule has 18 heteroatoms. The Balaban J connectivity index is 1.41. The van der Waals surface area contributed by atoms with E-state index < -0.39 is 98.0 Å². The van der Waals surface area contributed by atoms with Crippen LogP contribution in [0.1, 0.15) is 13.3 Å². The van der Waals surface area contributed by atoms with Crippen LogP contribution in [0.2, 0.25) is 0 Å². The highest BCUT2D eigenvalue weighted by molar-refractivity contribution is 7.51. The third-order valence-electron chi connectivity index (χ3n) is 7.43. The first-order valence-corrected chi connectivity index (χ1v) is 14.4. The molecule has 17 nitrogen and oxygen atoms in total. The Morgan fingerprint density at radius 1 is 1.02 bits per heavy atom. The van der Waals surface area contributed by atoms with Crippen molar-refractivity contribution in [3.8, 4) is 5.75 Å². The Morgan fingerprint density at radius 2 is 1.73 bits per heavy atom. The van der Waals surface area contributed by atoms with Gasteiger partial charge in [-0.1, -0.05) is 0 Å². The third-order valence-corrected chi connectivity index (χ3v) is 8.27. The van der Waals surface area contributed by atoms with Gasteiger partial charge in [0.15, 0.2) is 24.1 Å². The van der Waals surface area contributed by atoms with Crippen LogP contribution in [0.25, 0.3) is 0 Å². The van der Waals surface area contributed by atoms with Gasteiger partial charge in [-0.25, -0.2) is 0 Å². The normalized spacial score (nSPS) is 39.6. The summed E-state index contributed by atoms with van der Waals surface area (Å²) in [4.78, 5) is 41.7. The molecular formula is C22H34NO16P. The van der Waals surface area contributed by atoms with E-state index in [4.69, 9.17) is 33.5 Å². The molecule has 2 saturated heterocycles. The number of fused-ring (bicyclic) bond motifs is 1. The quantitative estimate of drug-likeness (QED) is 0.0587. The molecule has 1 aromatic carbocycles. The van der Waals surface area contributed by atoms with Gasteiger partial charge in [-0.2, -0.15) is 0 Å². The van der Waals surface area contributed by atoms with Gasteiger partial charge in [-0.3, -0.25) is 14.2 Å². The van der Waals surface area contributed by atoms with Crippen LogP contribution in [0.5, 0.6) is 5.75 Å². The fraction of sp³-hybridized carbons (Fsp3) is 0.818. The van der Waals surface area contributed by atoms with E-state index in [0.29, 0.717) is 0 Å². The average molecular weight is 599 g/mol. The van der Waals surface area contributed by atoms with Crippen molar-refractivity contribution in [1.82, 2.24) is 0 Å². The molecule has 2 aliphatic heterocycles. The fourth-order valence-corrected chi connectivity index (χ4v) is 5.96. The standard InChI is InChI=1S/C22H34NO16P/c1-2-35-18-11(15(28)17(18)30)23-4-5-36-21-19(16(29)13(26)9(7-24)37-21)38-20-10-14(27)12(25)8(22(10,31)39-20)3-6-40(32,33)34/h8-10,12-14,16,19-21,23-27,29,31H,2-7H2,1H3,(H2,32,33,34)/t8?,9?,10?,12-,13-,14?,16?,19?,20+,21+,22?/m1/s1. The first-order valence-electron chi connectivity index (χ1n) is 12.7. The largest absolute Gasteiger partial charge is 0.488 e. The molecule has 0 aromatic heterocycles. The third kappa shape index (κ3) is 5.72. The van der Waals surface area contributed by atoms with Crippen molar-refractivity contribution in [2.75, 3.05) is 37.8 Å². The molecule has 2 heterocycles. The molecule has 40 heavy (non-hydrogen) atoms. The minimum absolute atomic E-state index is 0.0271. The number of hydrogen-bond donors (Lipinski definition) is 9. The number of aliphatic hydroxyl groups excluding tert-OH is 5. The monoisotopic (exact) mass is 599 g/mol. The second-order valence-electron chi connectivity index (χ2n) is 9.93. The van der Waals surface area contributed by atoms with Crippen LogP contribution in [0.4, 0.5) is 5.69 Å². The molecule has 0 amide bonds. The maximum absolute atomic E-state index is 11.8. The molecule has 0 spiro atoms. The Kier molecular flexibility index (Phi) is 9.38. The second kappa shape index (κ2) is 12.0. The minimum atomic E-state index is -4.48. The lowest BCUT2D eigenvalue weighted by Crippen LogP contribution is -2.67. The Morgan fingerprint density at radius 3 is 2.35 bits per heavy atom. The maximum atomic E-state index is 11.8. The van der Waals surface area contributed by atoms with Crippen LogP contribution < -0.4 is 20.9 Å². The molecule has 1 saturated carbocycles. The molecule has 4 rings (SSSR count). The molecule has 1 aromatic rings. The fourth-order valence-electron chi connectivity index (χ4n) is 5.35. The van der Waals surface area contributed by atoms with Crippen LogP contribution in [0.15, 0.2) is 9.59 Å². The van der Waals surface area contributed by atoms with E-state index in [1.807, 2.05) is 0 Å². The van der Waals surface area contributed by atoms with Crippen LogP contribution in [-0.2, 0) is 23.5 Å². The molecule has 9 N–H and O–H groups in total. The zero-order valence-corrected chi connectivity index (χ0v) is 22.2.